The van der Waals surface area contributed by atoms with Gasteiger partial charge in [-0.05, 0) is 43.5 Å². The SMILES string of the molecule is COC(=O)c1c(-c2ccc(OC)cc2)csc1NC(=O)CSc1nnc(-c2csc(C(C)C)c2)n1C(C)C. The number of nitrogens with zero attached hydrogens (tertiary/aromatic N) is 3. The maximum absolute atomic E-state index is 13.0. The Kier molecular flexibility index (Phi) is 8.91. The number of hydrogen-bond donors (Lipinski definition) is 1. The molecule has 0 saturated heterocycles. The zero-order valence-corrected chi connectivity index (χ0v) is 24.6. The predicted molar refractivity (Wildman–Crippen MR) is 155 cm³/mol. The van der Waals surface area contributed by atoms with Crippen molar-refractivity contribution in [3.8, 4) is 28.3 Å². The predicted octanol–water partition coefficient (Wildman–Crippen LogP) is 6.97. The van der Waals surface area contributed by atoms with Gasteiger partial charge in [-0.15, -0.1) is 32.9 Å². The number of benzene rings is 1. The van der Waals surface area contributed by atoms with Crippen molar-refractivity contribution in [2.75, 3.05) is 25.3 Å². The standard InChI is InChI=1S/C27H30N4O4S3/c1-15(2)21-11-18(12-36-21)24-29-30-27(31(24)16(3)4)38-14-22(32)28-25-23(26(33)35-6)20(13-37-25)17-7-9-19(34-5)10-8-17/h7-13,15-16H,14H2,1-6H3,(H,28,32). The van der Waals surface area contributed by atoms with Gasteiger partial charge in [0.1, 0.15) is 16.3 Å². The van der Waals surface area contributed by atoms with Gasteiger partial charge in [0.2, 0.25) is 5.91 Å². The Morgan fingerprint density at radius 1 is 1.03 bits per heavy atom. The zero-order chi connectivity index (χ0) is 27.4. The molecule has 3 aromatic heterocycles. The van der Waals surface area contributed by atoms with Crippen LogP contribution < -0.4 is 10.1 Å². The molecule has 0 fully saturated rings. The molecule has 200 valence electrons. The fourth-order valence-corrected chi connectivity index (χ4v) is 6.59. The first-order valence-electron chi connectivity index (χ1n) is 12.0. The molecule has 0 aliphatic rings. The normalized spacial score (nSPS) is 11.3. The average Bonchev–Trinajstić information content (AvgIpc) is 3.65. The number of thiophene rings is 2. The molecule has 0 aliphatic heterocycles. The molecule has 8 nitrogen and oxygen atoms in total. The summed E-state index contributed by atoms with van der Waals surface area (Å²) in [6, 6.07) is 9.64. The first kappa shape index (κ1) is 27.9. The van der Waals surface area contributed by atoms with Crippen LogP contribution in [-0.4, -0.2) is 46.6 Å². The van der Waals surface area contributed by atoms with E-state index < -0.39 is 5.97 Å². The number of carbonyl (C=O) groups is 2. The van der Waals surface area contributed by atoms with Crippen molar-refractivity contribution in [3.05, 3.63) is 51.5 Å². The highest BCUT2D eigenvalue weighted by Gasteiger charge is 2.24. The van der Waals surface area contributed by atoms with Crippen LogP contribution in [0.25, 0.3) is 22.5 Å². The van der Waals surface area contributed by atoms with Crippen molar-refractivity contribution in [2.24, 2.45) is 0 Å². The summed E-state index contributed by atoms with van der Waals surface area (Å²) in [6.45, 7) is 8.48. The molecular formula is C27H30N4O4S3. The molecule has 1 N–H and O–H groups in total. The van der Waals surface area contributed by atoms with E-state index in [0.717, 1.165) is 17.0 Å². The van der Waals surface area contributed by atoms with Gasteiger partial charge in [0, 0.05) is 32.8 Å². The molecule has 0 saturated carbocycles. The molecule has 38 heavy (non-hydrogen) atoms. The van der Waals surface area contributed by atoms with Crippen molar-refractivity contribution < 1.29 is 19.1 Å². The highest BCUT2D eigenvalue weighted by molar-refractivity contribution is 7.99. The van der Waals surface area contributed by atoms with Crippen LogP contribution in [0.5, 0.6) is 5.75 Å². The maximum atomic E-state index is 13.0. The van der Waals surface area contributed by atoms with E-state index in [1.54, 1.807) is 18.4 Å². The van der Waals surface area contributed by atoms with Gasteiger partial charge in [-0.25, -0.2) is 4.79 Å². The van der Waals surface area contributed by atoms with Crippen LogP contribution in [-0.2, 0) is 9.53 Å². The third-order valence-corrected chi connectivity index (χ3v) is 8.87. The van der Waals surface area contributed by atoms with Gasteiger partial charge in [0.05, 0.1) is 20.0 Å². The second kappa shape index (κ2) is 12.1. The number of esters is 1. The van der Waals surface area contributed by atoms with Crippen LogP contribution in [0.1, 0.15) is 54.9 Å². The molecule has 0 aliphatic carbocycles. The van der Waals surface area contributed by atoms with Gasteiger partial charge < -0.3 is 14.8 Å². The fraction of sp³-hybridized carbons (Fsp3) is 0.333. The summed E-state index contributed by atoms with van der Waals surface area (Å²) in [7, 11) is 2.92. The Balaban J connectivity index is 1.51. The molecule has 4 rings (SSSR count). The summed E-state index contributed by atoms with van der Waals surface area (Å²) < 4.78 is 12.3. The lowest BCUT2D eigenvalue weighted by Crippen LogP contribution is -2.16. The average molecular weight is 571 g/mol. The van der Waals surface area contributed by atoms with E-state index in [4.69, 9.17) is 9.47 Å². The Hall–Kier alpha value is -3.15. The Morgan fingerprint density at radius 2 is 1.76 bits per heavy atom. The molecule has 0 radical (unpaired) electrons. The number of nitrogens with one attached hydrogen (secondary N) is 1. The monoisotopic (exact) mass is 570 g/mol. The minimum Gasteiger partial charge on any atom is -0.497 e. The van der Waals surface area contributed by atoms with E-state index in [1.807, 2.05) is 29.6 Å². The second-order valence-electron chi connectivity index (χ2n) is 9.07. The van der Waals surface area contributed by atoms with E-state index in [0.29, 0.717) is 33.0 Å². The van der Waals surface area contributed by atoms with Gasteiger partial charge >= 0.3 is 5.97 Å². The van der Waals surface area contributed by atoms with Crippen molar-refractivity contribution in [1.82, 2.24) is 14.8 Å². The second-order valence-corrected chi connectivity index (χ2v) is 11.8. The lowest BCUT2D eigenvalue weighted by Gasteiger charge is -2.13. The van der Waals surface area contributed by atoms with E-state index >= 15 is 0 Å². The third-order valence-electron chi connectivity index (χ3n) is 5.79. The Labute approximate surface area is 234 Å². The number of thioether (sulfide) groups is 1. The van der Waals surface area contributed by atoms with Crippen LogP contribution >= 0.6 is 34.4 Å². The minimum absolute atomic E-state index is 0.113. The van der Waals surface area contributed by atoms with Gasteiger partial charge in [0.25, 0.3) is 0 Å². The smallest absolute Gasteiger partial charge is 0.341 e. The molecule has 0 spiro atoms. The summed E-state index contributed by atoms with van der Waals surface area (Å²) in [5.74, 6) is 1.30. The van der Waals surface area contributed by atoms with E-state index in [2.05, 4.69) is 59.2 Å². The number of methoxy groups -OCH3 is 2. The van der Waals surface area contributed by atoms with Crippen LogP contribution in [0.4, 0.5) is 5.00 Å². The summed E-state index contributed by atoms with van der Waals surface area (Å²) in [6.07, 6.45) is 0. The maximum Gasteiger partial charge on any atom is 0.341 e. The summed E-state index contributed by atoms with van der Waals surface area (Å²) in [4.78, 5) is 26.9. The first-order chi connectivity index (χ1) is 18.2. The van der Waals surface area contributed by atoms with Crippen LogP contribution in [0.15, 0.2) is 46.2 Å². The lowest BCUT2D eigenvalue weighted by molar-refractivity contribution is -0.113. The molecular weight excluding hydrogens is 541 g/mol. The highest BCUT2D eigenvalue weighted by Crippen LogP contribution is 2.37. The van der Waals surface area contributed by atoms with E-state index in [-0.39, 0.29) is 17.7 Å². The highest BCUT2D eigenvalue weighted by atomic mass is 32.2. The number of amides is 1. The molecule has 11 heteroatoms. The minimum atomic E-state index is -0.513. The van der Waals surface area contributed by atoms with E-state index in [1.165, 1.54) is 35.1 Å². The number of anilines is 1. The van der Waals surface area contributed by atoms with Crippen LogP contribution in [0.3, 0.4) is 0 Å². The van der Waals surface area contributed by atoms with E-state index in [9.17, 15) is 9.59 Å². The topological polar surface area (TPSA) is 95.3 Å². The molecule has 4 aromatic rings. The number of carbonyl (C=O) groups excluding carboxylic acids is 2. The number of hydrogen-bond acceptors (Lipinski definition) is 9. The Bertz CT molecular complexity index is 1420. The van der Waals surface area contributed by atoms with Gasteiger partial charge in [-0.2, -0.15) is 0 Å². The van der Waals surface area contributed by atoms with Gasteiger partial charge in [0.15, 0.2) is 11.0 Å². The molecule has 0 atom stereocenters. The molecule has 1 amide bonds. The summed E-state index contributed by atoms with van der Waals surface area (Å²) >= 11 is 4.31. The third kappa shape index (κ3) is 5.95. The van der Waals surface area contributed by atoms with Gasteiger partial charge in [-0.3, -0.25) is 9.36 Å². The molecule has 1 aromatic carbocycles. The van der Waals surface area contributed by atoms with Crippen molar-refractivity contribution in [1.29, 1.82) is 0 Å². The van der Waals surface area contributed by atoms with Gasteiger partial charge in [-0.1, -0.05) is 37.7 Å². The molecule has 3 heterocycles. The zero-order valence-electron chi connectivity index (χ0n) is 22.1. The summed E-state index contributed by atoms with van der Waals surface area (Å²) in [5, 5.41) is 16.8. The molecule has 0 bridgehead atoms. The van der Waals surface area contributed by atoms with Crippen LogP contribution in [0.2, 0.25) is 0 Å². The number of ether oxygens (including phenoxy) is 2. The Morgan fingerprint density at radius 3 is 2.37 bits per heavy atom. The number of aromatic nitrogens is 3. The molecule has 0 unspecified atom stereocenters. The largest absolute Gasteiger partial charge is 0.497 e. The van der Waals surface area contributed by atoms with Crippen LogP contribution in [0, 0.1) is 0 Å². The first-order valence-corrected chi connectivity index (χ1v) is 14.8. The van der Waals surface area contributed by atoms with Crippen molar-refractivity contribution in [2.45, 2.75) is 44.8 Å². The fourth-order valence-electron chi connectivity index (χ4n) is 3.84. The van der Waals surface area contributed by atoms with Crippen molar-refractivity contribution in [3.63, 3.8) is 0 Å². The number of rotatable bonds is 10. The lowest BCUT2D eigenvalue weighted by atomic mass is 10.0. The van der Waals surface area contributed by atoms with Crippen molar-refractivity contribution >= 4 is 51.3 Å². The summed E-state index contributed by atoms with van der Waals surface area (Å²) in [5.41, 5.74) is 2.87. The quantitative estimate of drug-likeness (QED) is 0.163.